The molecule has 0 bridgehead atoms. The number of fused-ring (bicyclic) bond motifs is 2. The number of nitriles is 1. The fourth-order valence-electron chi connectivity index (χ4n) is 4.46. The maximum Gasteiger partial charge on any atom is 0.201 e. The van der Waals surface area contributed by atoms with Gasteiger partial charge in [0.15, 0.2) is 17.4 Å². The van der Waals surface area contributed by atoms with E-state index < -0.39 is 68.4 Å². The molecule has 1 aliphatic carbocycles. The van der Waals surface area contributed by atoms with Gasteiger partial charge in [0.05, 0.1) is 40.5 Å². The second-order valence-electron chi connectivity index (χ2n) is 9.02. The monoisotopic (exact) mass is 520 g/mol. The number of halogens is 2. The zero-order valence-electron chi connectivity index (χ0n) is 20.7. The number of carbonyl (C=O) groups excluding carboxylic acids is 2. The molecule has 3 aromatic carbocycles. The number of rotatable bonds is 10. The molecule has 0 aromatic heterocycles. The van der Waals surface area contributed by atoms with Crippen LogP contribution in [-0.2, 0) is 0 Å². The lowest BCUT2D eigenvalue weighted by Gasteiger charge is -2.24. The predicted octanol–water partition coefficient (Wildman–Crippen LogP) is 6.51. The van der Waals surface area contributed by atoms with Crippen molar-refractivity contribution >= 4 is 22.9 Å². The summed E-state index contributed by atoms with van der Waals surface area (Å²) in [6, 6.07) is 9.83. The predicted molar refractivity (Wildman–Crippen MR) is 136 cm³/mol. The number of benzene rings is 3. The maximum atomic E-state index is 16.0. The van der Waals surface area contributed by atoms with Gasteiger partial charge in [0, 0.05) is 5.69 Å². The lowest BCUT2D eigenvalue weighted by Crippen LogP contribution is -2.25. The van der Waals surface area contributed by atoms with Crippen LogP contribution in [0.15, 0.2) is 36.4 Å². The zero-order valence-corrected chi connectivity index (χ0v) is 20.7. The molecule has 0 saturated carbocycles. The van der Waals surface area contributed by atoms with Crippen LogP contribution in [0.3, 0.4) is 0 Å². The molecule has 0 spiro atoms. The van der Waals surface area contributed by atoms with E-state index in [1.807, 2.05) is 6.07 Å². The molecule has 196 valence electrons. The van der Waals surface area contributed by atoms with E-state index in [9.17, 15) is 19.8 Å². The van der Waals surface area contributed by atoms with Gasteiger partial charge in [-0.05, 0) is 42.8 Å². The van der Waals surface area contributed by atoms with Crippen LogP contribution in [0.25, 0.3) is 0 Å². The van der Waals surface area contributed by atoms with Crippen LogP contribution < -0.4 is 10.1 Å². The van der Waals surface area contributed by atoms with Crippen molar-refractivity contribution in [1.82, 2.24) is 0 Å². The molecule has 0 aliphatic heterocycles. The summed E-state index contributed by atoms with van der Waals surface area (Å²) >= 11 is 0. The highest BCUT2D eigenvalue weighted by atomic mass is 19.1. The third-order valence-corrected chi connectivity index (χ3v) is 6.43. The fourth-order valence-corrected chi connectivity index (χ4v) is 4.46. The Balaban J connectivity index is 1.79. The third kappa shape index (κ3) is 4.90. The Kier molecular flexibility index (Phi) is 7.91. The van der Waals surface area contributed by atoms with Gasteiger partial charge in [0.25, 0.3) is 0 Å². The normalized spacial score (nSPS) is 12.1. The van der Waals surface area contributed by atoms with Crippen molar-refractivity contribution in [2.45, 2.75) is 45.4 Å². The summed E-state index contributed by atoms with van der Waals surface area (Å²) in [5.41, 5.74) is -2.82. The summed E-state index contributed by atoms with van der Waals surface area (Å²) in [6.07, 6.45) is 5.57. The smallest absolute Gasteiger partial charge is 0.201 e. The van der Waals surface area contributed by atoms with Gasteiger partial charge in [-0.15, -0.1) is 0 Å². The molecule has 4 rings (SSSR count). The highest BCUT2D eigenvalue weighted by Gasteiger charge is 2.41. The first-order valence-electron chi connectivity index (χ1n) is 12.4. The van der Waals surface area contributed by atoms with Gasteiger partial charge in [-0.3, -0.25) is 9.59 Å². The lowest BCUT2D eigenvalue weighted by molar-refractivity contribution is 0.0966. The average Bonchev–Trinajstić information content (AvgIpc) is 2.91. The lowest BCUT2D eigenvalue weighted by atomic mass is 9.82. The summed E-state index contributed by atoms with van der Waals surface area (Å²) in [4.78, 5) is 26.5. The summed E-state index contributed by atoms with van der Waals surface area (Å²) in [5.74, 6) is -6.66. The molecular formula is C29H26F2N2O5. The van der Waals surface area contributed by atoms with Crippen molar-refractivity contribution in [3.05, 3.63) is 75.8 Å². The van der Waals surface area contributed by atoms with Crippen molar-refractivity contribution in [3.8, 4) is 23.3 Å². The molecule has 0 fully saturated rings. The number of nitrogens with one attached hydrogen (secondary N) is 1. The quantitative estimate of drug-likeness (QED) is 0.161. The van der Waals surface area contributed by atoms with Gasteiger partial charge < -0.3 is 20.3 Å². The molecule has 0 radical (unpaired) electrons. The van der Waals surface area contributed by atoms with Gasteiger partial charge in [-0.25, -0.2) is 8.78 Å². The maximum absolute atomic E-state index is 16.0. The molecule has 0 amide bonds. The highest BCUT2D eigenvalue weighted by Crippen LogP contribution is 2.45. The van der Waals surface area contributed by atoms with Crippen molar-refractivity contribution in [2.24, 2.45) is 0 Å². The molecule has 3 aromatic rings. The van der Waals surface area contributed by atoms with Crippen molar-refractivity contribution in [3.63, 3.8) is 0 Å². The number of ketones is 2. The largest absolute Gasteiger partial charge is 0.507 e. The number of anilines is 2. The molecule has 1 aliphatic rings. The van der Waals surface area contributed by atoms with E-state index in [1.165, 1.54) is 24.3 Å². The molecule has 0 saturated heterocycles. The molecule has 0 unspecified atom stereocenters. The van der Waals surface area contributed by atoms with E-state index in [4.69, 9.17) is 10.00 Å². The minimum absolute atomic E-state index is 0.0358. The number of ether oxygens (including phenoxy) is 1. The minimum Gasteiger partial charge on any atom is -0.507 e. The Morgan fingerprint density at radius 2 is 1.37 bits per heavy atom. The standard InChI is InChI=1S/C29H26F2N2O5/c1-2-3-4-5-6-7-14-38-29-25(31)23-22(24(30)26(29)33-17-10-8-16(15-32)9-11-17)27(36)20-18(34)12-13-19(35)21(20)28(23)37/h8-13,33-35H,2-7,14H2,1H3. The van der Waals surface area contributed by atoms with Gasteiger partial charge in [0.2, 0.25) is 11.6 Å². The van der Waals surface area contributed by atoms with Gasteiger partial charge >= 0.3 is 0 Å². The van der Waals surface area contributed by atoms with Gasteiger partial charge in [-0.2, -0.15) is 5.26 Å². The van der Waals surface area contributed by atoms with Crippen LogP contribution in [-0.4, -0.2) is 28.4 Å². The second kappa shape index (κ2) is 11.3. The number of phenols is 2. The Morgan fingerprint density at radius 1 is 0.816 bits per heavy atom. The van der Waals surface area contributed by atoms with Crippen LogP contribution in [0.5, 0.6) is 17.2 Å². The zero-order chi connectivity index (χ0) is 27.4. The molecule has 0 heterocycles. The number of aromatic hydroxyl groups is 2. The summed E-state index contributed by atoms with van der Waals surface area (Å²) in [7, 11) is 0. The van der Waals surface area contributed by atoms with Crippen molar-refractivity contribution < 1.29 is 33.3 Å². The van der Waals surface area contributed by atoms with E-state index >= 15 is 8.78 Å². The number of unbranched alkanes of at least 4 members (excludes halogenated alkanes) is 5. The molecule has 0 atom stereocenters. The summed E-state index contributed by atoms with van der Waals surface area (Å²) in [6.45, 7) is 2.14. The number of hydrogen-bond donors (Lipinski definition) is 3. The number of phenolic OH excluding ortho intramolecular Hbond substituents is 2. The van der Waals surface area contributed by atoms with E-state index in [0.717, 1.165) is 44.2 Å². The summed E-state index contributed by atoms with van der Waals surface area (Å²) < 4.78 is 37.6. The highest BCUT2D eigenvalue weighted by molar-refractivity contribution is 6.31. The van der Waals surface area contributed by atoms with Crippen LogP contribution in [0.4, 0.5) is 20.2 Å². The van der Waals surface area contributed by atoms with Gasteiger partial charge in [0.1, 0.15) is 17.2 Å². The number of hydrogen-bond acceptors (Lipinski definition) is 7. The first kappa shape index (κ1) is 26.6. The van der Waals surface area contributed by atoms with Crippen LogP contribution in [0.2, 0.25) is 0 Å². The minimum atomic E-state index is -1.25. The van der Waals surface area contributed by atoms with Gasteiger partial charge in [-0.1, -0.05) is 39.0 Å². The molecule has 7 nitrogen and oxygen atoms in total. The van der Waals surface area contributed by atoms with E-state index in [0.29, 0.717) is 12.0 Å². The number of carbonyl (C=O) groups is 2. The van der Waals surface area contributed by atoms with E-state index in [1.54, 1.807) is 0 Å². The Bertz CT molecular complexity index is 1450. The Morgan fingerprint density at radius 3 is 1.95 bits per heavy atom. The Labute approximate surface area is 218 Å². The van der Waals surface area contributed by atoms with E-state index in [-0.39, 0.29) is 12.3 Å². The van der Waals surface area contributed by atoms with Crippen LogP contribution >= 0.6 is 0 Å². The average molecular weight is 521 g/mol. The first-order valence-corrected chi connectivity index (χ1v) is 12.4. The van der Waals surface area contributed by atoms with Crippen LogP contribution in [0, 0.1) is 23.0 Å². The van der Waals surface area contributed by atoms with Crippen molar-refractivity contribution in [1.29, 1.82) is 5.26 Å². The second-order valence-corrected chi connectivity index (χ2v) is 9.02. The molecular weight excluding hydrogens is 494 g/mol. The van der Waals surface area contributed by atoms with Crippen molar-refractivity contribution in [2.75, 3.05) is 11.9 Å². The number of nitrogens with zero attached hydrogens (tertiary/aromatic N) is 1. The summed E-state index contributed by atoms with van der Waals surface area (Å²) in [5, 5.41) is 32.2. The molecule has 38 heavy (non-hydrogen) atoms. The topological polar surface area (TPSA) is 120 Å². The van der Waals surface area contributed by atoms with Crippen LogP contribution in [0.1, 0.15) is 82.9 Å². The third-order valence-electron chi connectivity index (χ3n) is 6.43. The SMILES string of the molecule is CCCCCCCCOc1c(F)c2c(c(F)c1Nc1ccc(C#N)cc1)C(=O)c1c(O)ccc(O)c1C2=O. The molecule has 9 heteroatoms. The van der Waals surface area contributed by atoms with E-state index in [2.05, 4.69) is 12.2 Å². The first-order chi connectivity index (χ1) is 18.3. The molecule has 3 N–H and O–H groups in total. The Hall–Kier alpha value is -4.45. The fraction of sp³-hybridized carbons (Fsp3) is 0.276.